The van der Waals surface area contributed by atoms with E-state index in [1.54, 1.807) is 7.11 Å². The van der Waals surface area contributed by atoms with Gasteiger partial charge in [0.05, 0.1) is 6.61 Å². The Hall–Kier alpha value is -2.97. The third-order valence-electron chi connectivity index (χ3n) is 4.25. The maximum atomic E-state index is 12.2. The number of carbonyl (C=O) groups excluding carboxylic acids is 3. The molecule has 180 valence electrons. The molecule has 0 bridgehead atoms. The molecule has 0 saturated carbocycles. The second-order valence-electron chi connectivity index (χ2n) is 6.91. The molecule has 1 unspecified atom stereocenters. The maximum Gasteiger partial charge on any atom is 0.330 e. The number of esters is 1. The maximum absolute atomic E-state index is 12.2. The average molecular weight is 451 g/mol. The first-order valence-corrected chi connectivity index (χ1v) is 10.2. The van der Waals surface area contributed by atoms with Crippen molar-refractivity contribution in [3.05, 3.63) is 60.7 Å². The SMILES string of the molecule is C=CC(=O)OCCC(C)(CCOC)NC(=O)NCCc1ccc(C)cc1.C=CC=O.CO. The van der Waals surface area contributed by atoms with Gasteiger partial charge in [0, 0.05) is 45.4 Å². The zero-order chi connectivity index (χ0) is 24.8. The molecule has 0 aliphatic heterocycles. The van der Waals surface area contributed by atoms with Crippen LogP contribution in [0.3, 0.4) is 0 Å². The highest BCUT2D eigenvalue weighted by molar-refractivity contribution is 5.81. The summed E-state index contributed by atoms with van der Waals surface area (Å²) < 4.78 is 10.1. The molecule has 3 N–H and O–H groups in total. The number of benzene rings is 1. The second-order valence-corrected chi connectivity index (χ2v) is 6.91. The minimum atomic E-state index is -0.536. The van der Waals surface area contributed by atoms with E-state index in [1.165, 1.54) is 17.2 Å². The quantitative estimate of drug-likeness (QED) is 0.256. The highest BCUT2D eigenvalue weighted by Crippen LogP contribution is 2.15. The summed E-state index contributed by atoms with van der Waals surface area (Å²) in [7, 11) is 2.61. The molecule has 8 heteroatoms. The highest BCUT2D eigenvalue weighted by atomic mass is 16.5. The Labute approximate surface area is 191 Å². The number of nitrogens with one attached hydrogen (secondary N) is 2. The summed E-state index contributed by atoms with van der Waals surface area (Å²) in [6.07, 6.45) is 4.82. The van der Waals surface area contributed by atoms with Gasteiger partial charge in [-0.3, -0.25) is 4.79 Å². The predicted molar refractivity (Wildman–Crippen MR) is 126 cm³/mol. The van der Waals surface area contributed by atoms with Crippen LogP contribution in [0.5, 0.6) is 0 Å². The van der Waals surface area contributed by atoms with Gasteiger partial charge in [-0.2, -0.15) is 0 Å². The van der Waals surface area contributed by atoms with E-state index in [4.69, 9.17) is 19.4 Å². The molecule has 8 nitrogen and oxygen atoms in total. The fraction of sp³-hybridized carbons (Fsp3) is 0.458. The van der Waals surface area contributed by atoms with Gasteiger partial charge >= 0.3 is 12.0 Å². The van der Waals surface area contributed by atoms with Crippen LogP contribution in [0, 0.1) is 6.92 Å². The van der Waals surface area contributed by atoms with Crippen LogP contribution in [-0.4, -0.2) is 62.9 Å². The van der Waals surface area contributed by atoms with Crippen molar-refractivity contribution in [2.45, 2.75) is 38.6 Å². The van der Waals surface area contributed by atoms with Crippen LogP contribution in [0.2, 0.25) is 0 Å². The van der Waals surface area contributed by atoms with E-state index in [1.807, 2.05) is 13.8 Å². The Balaban J connectivity index is 0. The first-order valence-electron chi connectivity index (χ1n) is 10.2. The fourth-order valence-corrected chi connectivity index (χ4v) is 2.41. The monoisotopic (exact) mass is 450 g/mol. The van der Waals surface area contributed by atoms with Gasteiger partial charge in [-0.05, 0) is 38.3 Å². The van der Waals surface area contributed by atoms with Gasteiger partial charge in [0.25, 0.3) is 0 Å². The summed E-state index contributed by atoms with van der Waals surface area (Å²) in [4.78, 5) is 32.5. The normalized spacial score (nSPS) is 11.2. The van der Waals surface area contributed by atoms with E-state index in [2.05, 4.69) is 48.1 Å². The number of ether oxygens (including phenoxy) is 2. The number of rotatable bonds is 12. The second kappa shape index (κ2) is 20.0. The molecule has 0 spiro atoms. The van der Waals surface area contributed by atoms with Crippen LogP contribution in [-0.2, 0) is 25.5 Å². The lowest BCUT2D eigenvalue weighted by molar-refractivity contribution is -0.138. The summed E-state index contributed by atoms with van der Waals surface area (Å²) >= 11 is 0. The first kappa shape index (κ1) is 31.2. The lowest BCUT2D eigenvalue weighted by Crippen LogP contribution is -2.51. The zero-order valence-corrected chi connectivity index (χ0v) is 19.7. The molecule has 2 amide bonds. The Bertz CT molecular complexity index is 670. The molecule has 0 aliphatic rings. The smallest absolute Gasteiger partial charge is 0.330 e. The Kier molecular flexibility index (Phi) is 19.5. The van der Waals surface area contributed by atoms with Crippen molar-refractivity contribution in [2.24, 2.45) is 0 Å². The van der Waals surface area contributed by atoms with E-state index in [0.29, 0.717) is 32.3 Å². The predicted octanol–water partition coefficient (Wildman–Crippen LogP) is 2.73. The molecule has 1 aromatic rings. The number of aryl methyl sites for hydroxylation is 1. The highest BCUT2D eigenvalue weighted by Gasteiger charge is 2.26. The number of aliphatic hydroxyl groups is 1. The standard InChI is InChI=1S/C20H30N2O4.C3H4O.CH4O/c1-5-18(23)26-15-12-20(3,11-14-25-4)22-19(24)21-13-10-17-8-6-16(2)7-9-17;1-2-3-4;1-2/h5-9H,1,10-15H2,2-4H3,(H2,21,22,24);2-3H,1H2;2H,1H3. The van der Waals surface area contributed by atoms with Gasteiger partial charge in [0.2, 0.25) is 0 Å². The largest absolute Gasteiger partial charge is 0.462 e. The van der Waals surface area contributed by atoms with Crippen LogP contribution < -0.4 is 10.6 Å². The Morgan fingerprint density at radius 3 is 2.19 bits per heavy atom. The van der Waals surface area contributed by atoms with Crippen molar-refractivity contribution in [2.75, 3.05) is 34.0 Å². The van der Waals surface area contributed by atoms with Crippen molar-refractivity contribution < 1.29 is 29.0 Å². The number of aldehydes is 1. The van der Waals surface area contributed by atoms with E-state index in [0.717, 1.165) is 19.6 Å². The number of hydrogen-bond acceptors (Lipinski definition) is 6. The van der Waals surface area contributed by atoms with Crippen molar-refractivity contribution in [3.63, 3.8) is 0 Å². The number of hydrogen-bond donors (Lipinski definition) is 3. The molecule has 0 fully saturated rings. The third-order valence-corrected chi connectivity index (χ3v) is 4.25. The van der Waals surface area contributed by atoms with E-state index in [9.17, 15) is 9.59 Å². The van der Waals surface area contributed by atoms with Crippen LogP contribution in [0.25, 0.3) is 0 Å². The number of carbonyl (C=O) groups is 3. The number of methoxy groups -OCH3 is 1. The van der Waals surface area contributed by atoms with Crippen molar-refractivity contribution >= 4 is 18.3 Å². The lowest BCUT2D eigenvalue weighted by atomic mass is 9.94. The average Bonchev–Trinajstić information content (AvgIpc) is 2.80. The first-order chi connectivity index (χ1) is 15.3. The van der Waals surface area contributed by atoms with Crippen LogP contribution in [0.15, 0.2) is 49.6 Å². The molecule has 0 heterocycles. The molecule has 1 atom stereocenters. The molecule has 32 heavy (non-hydrogen) atoms. The van der Waals surface area contributed by atoms with E-state index in [-0.39, 0.29) is 12.6 Å². The Morgan fingerprint density at radius 2 is 1.69 bits per heavy atom. The van der Waals surface area contributed by atoms with Gasteiger partial charge in [-0.25, -0.2) is 9.59 Å². The number of aliphatic hydroxyl groups excluding tert-OH is 1. The fourth-order valence-electron chi connectivity index (χ4n) is 2.41. The molecule has 0 aromatic heterocycles. The topological polar surface area (TPSA) is 114 Å². The van der Waals surface area contributed by atoms with Gasteiger partial charge < -0.3 is 25.2 Å². The van der Waals surface area contributed by atoms with E-state index < -0.39 is 11.5 Å². The van der Waals surface area contributed by atoms with Crippen molar-refractivity contribution in [1.82, 2.24) is 10.6 Å². The zero-order valence-electron chi connectivity index (χ0n) is 19.7. The molecule has 0 radical (unpaired) electrons. The van der Waals surface area contributed by atoms with Gasteiger partial charge in [-0.15, -0.1) is 0 Å². The summed E-state index contributed by atoms with van der Waals surface area (Å²) in [5, 5.41) is 12.8. The van der Waals surface area contributed by atoms with Crippen LogP contribution in [0.1, 0.15) is 30.9 Å². The van der Waals surface area contributed by atoms with Crippen LogP contribution in [0.4, 0.5) is 4.79 Å². The molecule has 1 rings (SSSR count). The number of allylic oxidation sites excluding steroid dienone is 1. The summed E-state index contributed by atoms with van der Waals surface area (Å²) in [6, 6.07) is 7.99. The number of amides is 2. The molecule has 1 aromatic carbocycles. The van der Waals surface area contributed by atoms with Gasteiger partial charge in [0.1, 0.15) is 6.29 Å². The van der Waals surface area contributed by atoms with Gasteiger partial charge in [-0.1, -0.05) is 43.0 Å². The summed E-state index contributed by atoms with van der Waals surface area (Å²) in [5.41, 5.74) is 1.85. The minimum Gasteiger partial charge on any atom is -0.462 e. The minimum absolute atomic E-state index is 0.203. The van der Waals surface area contributed by atoms with Crippen LogP contribution >= 0.6 is 0 Å². The number of urea groups is 1. The van der Waals surface area contributed by atoms with Gasteiger partial charge in [0.15, 0.2) is 0 Å². The summed E-state index contributed by atoms with van der Waals surface area (Å²) in [6.45, 7) is 11.7. The Morgan fingerprint density at radius 1 is 1.12 bits per heavy atom. The van der Waals surface area contributed by atoms with E-state index >= 15 is 0 Å². The lowest BCUT2D eigenvalue weighted by Gasteiger charge is -2.30. The third kappa shape index (κ3) is 16.8. The van der Waals surface area contributed by atoms with Crippen molar-refractivity contribution in [3.8, 4) is 0 Å². The molecule has 0 saturated heterocycles. The summed E-state index contributed by atoms with van der Waals surface area (Å²) in [5.74, 6) is -0.471. The molecular weight excluding hydrogens is 412 g/mol. The molecular formula is C24H38N2O6. The molecule has 0 aliphatic carbocycles. The van der Waals surface area contributed by atoms with Crippen molar-refractivity contribution in [1.29, 1.82) is 0 Å².